The Bertz CT molecular complexity index is 842. The summed E-state index contributed by atoms with van der Waals surface area (Å²) >= 11 is 0. The van der Waals surface area contributed by atoms with Crippen molar-refractivity contribution in [2.75, 3.05) is 26.3 Å². The third kappa shape index (κ3) is 3.35. The largest absolute Gasteiger partial charge is 0.481 e. The van der Waals surface area contributed by atoms with Gasteiger partial charge in [0.15, 0.2) is 0 Å². The van der Waals surface area contributed by atoms with Gasteiger partial charge in [-0.3, -0.25) is 9.59 Å². The highest BCUT2D eigenvalue weighted by Crippen LogP contribution is 2.44. The molecule has 5 nitrogen and oxygen atoms in total. The van der Waals surface area contributed by atoms with E-state index in [1.54, 1.807) is 11.0 Å². The molecule has 140 valence electrons. The lowest BCUT2D eigenvalue weighted by Crippen LogP contribution is -2.40. The Hall–Kier alpha value is -2.66. The molecule has 2 aromatic carbocycles. The molecule has 0 aliphatic carbocycles. The van der Waals surface area contributed by atoms with Crippen LogP contribution in [0.3, 0.4) is 0 Å². The summed E-state index contributed by atoms with van der Waals surface area (Å²) in [5.41, 5.74) is 2.27. The lowest BCUT2D eigenvalue weighted by molar-refractivity contribution is -0.146. The van der Waals surface area contributed by atoms with E-state index in [2.05, 4.69) is 0 Å². The van der Waals surface area contributed by atoms with Crippen LogP contribution in [0.15, 0.2) is 54.6 Å². The zero-order chi connectivity index (χ0) is 18.9. The molecule has 4 rings (SSSR count). The molecule has 27 heavy (non-hydrogen) atoms. The maximum atomic E-state index is 13.1. The molecule has 0 aromatic heterocycles. The highest BCUT2D eigenvalue weighted by Gasteiger charge is 2.52. The van der Waals surface area contributed by atoms with E-state index in [0.717, 1.165) is 11.1 Å². The Balaban J connectivity index is 1.59. The molecule has 5 heteroatoms. The molecule has 2 heterocycles. The second kappa shape index (κ2) is 7.16. The molecule has 2 fully saturated rings. The predicted octanol–water partition coefficient (Wildman–Crippen LogP) is 3.31. The van der Waals surface area contributed by atoms with Gasteiger partial charge in [0.25, 0.3) is 5.91 Å². The minimum Gasteiger partial charge on any atom is -0.481 e. The topological polar surface area (TPSA) is 66.8 Å². The van der Waals surface area contributed by atoms with Gasteiger partial charge >= 0.3 is 5.97 Å². The van der Waals surface area contributed by atoms with E-state index in [1.165, 1.54) is 0 Å². The summed E-state index contributed by atoms with van der Waals surface area (Å²) in [5, 5.41) is 9.71. The minimum absolute atomic E-state index is 0.0950. The first-order chi connectivity index (χ1) is 13.1. The van der Waals surface area contributed by atoms with Crippen molar-refractivity contribution in [2.45, 2.75) is 12.8 Å². The molecule has 1 unspecified atom stereocenters. The molecule has 2 aliphatic heterocycles. The van der Waals surface area contributed by atoms with Crippen LogP contribution in [0.2, 0.25) is 0 Å². The standard InChI is InChI=1S/C22H23NO4/c24-20(18-8-4-7-17(13-18)16-5-2-1-3-6-16)23-14-19(21(25)26)22(15-23)9-11-27-12-10-22/h1-8,13,19H,9-12,14-15H2,(H,25,26). The second-order valence-corrected chi connectivity index (χ2v) is 7.50. The number of carbonyl (C=O) groups is 2. The highest BCUT2D eigenvalue weighted by molar-refractivity contribution is 5.96. The summed E-state index contributed by atoms with van der Waals surface area (Å²) in [5.74, 6) is -1.43. The fraction of sp³-hybridized carbons (Fsp3) is 0.364. The number of nitrogens with zero attached hydrogens (tertiary/aromatic N) is 1. The number of carboxylic acids is 1. The number of benzene rings is 2. The molecule has 2 aliphatic rings. The van der Waals surface area contributed by atoms with E-state index in [-0.39, 0.29) is 17.9 Å². The number of carbonyl (C=O) groups excluding carboxylic acids is 1. The smallest absolute Gasteiger partial charge is 0.308 e. The fourth-order valence-corrected chi connectivity index (χ4v) is 4.39. The summed E-state index contributed by atoms with van der Waals surface area (Å²) in [7, 11) is 0. The van der Waals surface area contributed by atoms with E-state index in [9.17, 15) is 14.7 Å². The average Bonchev–Trinajstić information content (AvgIpc) is 3.07. The molecule has 1 spiro atoms. The normalized spacial score (nSPS) is 21.3. The van der Waals surface area contributed by atoms with Crippen molar-refractivity contribution < 1.29 is 19.4 Å². The van der Waals surface area contributed by atoms with Gasteiger partial charge in [0.1, 0.15) is 0 Å². The Kier molecular flexibility index (Phi) is 4.70. The molecule has 0 radical (unpaired) electrons. The zero-order valence-electron chi connectivity index (χ0n) is 15.1. The number of hydrogen-bond donors (Lipinski definition) is 1. The molecule has 1 amide bonds. The summed E-state index contributed by atoms with van der Waals surface area (Å²) in [6, 6.07) is 17.5. The number of hydrogen-bond acceptors (Lipinski definition) is 3. The van der Waals surface area contributed by atoms with Crippen LogP contribution in [0.5, 0.6) is 0 Å². The average molecular weight is 365 g/mol. The van der Waals surface area contributed by atoms with Crippen LogP contribution in [-0.4, -0.2) is 48.2 Å². The summed E-state index contributed by atoms with van der Waals surface area (Å²) < 4.78 is 5.43. The Morgan fingerprint density at radius 1 is 1.00 bits per heavy atom. The summed E-state index contributed by atoms with van der Waals surface area (Å²) in [4.78, 5) is 26.7. The van der Waals surface area contributed by atoms with Crippen molar-refractivity contribution in [3.05, 3.63) is 60.2 Å². The third-order valence-electron chi connectivity index (χ3n) is 5.94. The quantitative estimate of drug-likeness (QED) is 0.906. The van der Waals surface area contributed by atoms with Gasteiger partial charge in [0.2, 0.25) is 0 Å². The molecular formula is C22H23NO4. The lowest BCUT2D eigenvalue weighted by Gasteiger charge is -2.36. The second-order valence-electron chi connectivity index (χ2n) is 7.50. The van der Waals surface area contributed by atoms with Crippen molar-refractivity contribution in [1.29, 1.82) is 0 Å². The van der Waals surface area contributed by atoms with E-state index in [0.29, 0.717) is 38.2 Å². The van der Waals surface area contributed by atoms with Gasteiger partial charge in [0, 0.05) is 37.3 Å². The van der Waals surface area contributed by atoms with E-state index < -0.39 is 11.9 Å². The van der Waals surface area contributed by atoms with Crippen molar-refractivity contribution in [3.63, 3.8) is 0 Å². The first-order valence-electron chi connectivity index (χ1n) is 9.34. The first kappa shape index (κ1) is 17.7. The van der Waals surface area contributed by atoms with Gasteiger partial charge in [-0.2, -0.15) is 0 Å². The molecular weight excluding hydrogens is 342 g/mol. The van der Waals surface area contributed by atoms with Gasteiger partial charge in [-0.1, -0.05) is 42.5 Å². The van der Waals surface area contributed by atoms with Crippen LogP contribution < -0.4 is 0 Å². The molecule has 2 saturated heterocycles. The highest BCUT2D eigenvalue weighted by atomic mass is 16.5. The van der Waals surface area contributed by atoms with E-state index in [4.69, 9.17) is 4.74 Å². The van der Waals surface area contributed by atoms with Gasteiger partial charge in [0.05, 0.1) is 5.92 Å². The minimum atomic E-state index is -0.815. The Morgan fingerprint density at radius 3 is 2.41 bits per heavy atom. The Labute approximate surface area is 158 Å². The van der Waals surface area contributed by atoms with Crippen LogP contribution in [0.4, 0.5) is 0 Å². The maximum absolute atomic E-state index is 13.1. The number of aliphatic carboxylic acids is 1. The monoisotopic (exact) mass is 365 g/mol. The molecule has 0 saturated carbocycles. The number of rotatable bonds is 3. The van der Waals surface area contributed by atoms with Gasteiger partial charge < -0.3 is 14.7 Å². The lowest BCUT2D eigenvalue weighted by atomic mass is 9.72. The summed E-state index contributed by atoms with van der Waals surface area (Å²) in [6.45, 7) is 1.88. The Morgan fingerprint density at radius 2 is 1.70 bits per heavy atom. The van der Waals surface area contributed by atoms with Crippen molar-refractivity contribution in [2.24, 2.45) is 11.3 Å². The number of likely N-dealkylation sites (tertiary alicyclic amines) is 1. The van der Waals surface area contributed by atoms with Gasteiger partial charge in [-0.05, 0) is 36.1 Å². The van der Waals surface area contributed by atoms with Gasteiger partial charge in [-0.15, -0.1) is 0 Å². The van der Waals surface area contributed by atoms with Crippen LogP contribution in [0, 0.1) is 11.3 Å². The SMILES string of the molecule is O=C(O)C1CN(C(=O)c2cccc(-c3ccccc3)c2)CC12CCOCC2. The maximum Gasteiger partial charge on any atom is 0.308 e. The third-order valence-corrected chi connectivity index (χ3v) is 5.94. The molecule has 1 atom stereocenters. The molecule has 1 N–H and O–H groups in total. The van der Waals surface area contributed by atoms with Crippen LogP contribution in [0.1, 0.15) is 23.2 Å². The molecule has 0 bridgehead atoms. The van der Waals surface area contributed by atoms with Crippen LogP contribution in [-0.2, 0) is 9.53 Å². The number of ether oxygens (including phenoxy) is 1. The fourth-order valence-electron chi connectivity index (χ4n) is 4.39. The molecule has 2 aromatic rings. The van der Waals surface area contributed by atoms with Crippen LogP contribution in [0.25, 0.3) is 11.1 Å². The number of carboxylic acid groups (broad SMARTS) is 1. The predicted molar refractivity (Wildman–Crippen MR) is 101 cm³/mol. The van der Waals surface area contributed by atoms with E-state index >= 15 is 0 Å². The van der Waals surface area contributed by atoms with Crippen molar-refractivity contribution >= 4 is 11.9 Å². The van der Waals surface area contributed by atoms with Crippen molar-refractivity contribution in [1.82, 2.24) is 4.90 Å². The number of amides is 1. The van der Waals surface area contributed by atoms with Gasteiger partial charge in [-0.25, -0.2) is 0 Å². The van der Waals surface area contributed by atoms with Crippen molar-refractivity contribution in [3.8, 4) is 11.1 Å². The van der Waals surface area contributed by atoms with Crippen LogP contribution >= 0.6 is 0 Å². The van der Waals surface area contributed by atoms with E-state index in [1.807, 2.05) is 48.5 Å². The summed E-state index contributed by atoms with van der Waals surface area (Å²) in [6.07, 6.45) is 1.38. The first-order valence-corrected chi connectivity index (χ1v) is 9.34. The zero-order valence-corrected chi connectivity index (χ0v) is 15.1.